The molecule has 9 nitrogen and oxygen atoms in total. The number of carbonyl (C=O) groups excluding carboxylic acids is 2. The number of ether oxygens (including phenoxy) is 2. The number of carbonyl (C=O) groups is 2. The van der Waals surface area contributed by atoms with Crippen molar-refractivity contribution in [1.82, 2.24) is 14.2 Å². The molecule has 0 aliphatic carbocycles. The number of aromatic nitrogens is 1. The fourth-order valence-electron chi connectivity index (χ4n) is 3.42. The smallest absolute Gasteiger partial charge is 0.339 e. The molecule has 32 heavy (non-hydrogen) atoms. The van der Waals surface area contributed by atoms with E-state index in [0.717, 1.165) is 0 Å². The highest BCUT2D eigenvalue weighted by Crippen LogP contribution is 2.21. The number of aryl methyl sites for hydroxylation is 1. The monoisotopic (exact) mass is 461 g/mol. The summed E-state index contributed by atoms with van der Waals surface area (Å²) in [6.45, 7) is 6.83. The van der Waals surface area contributed by atoms with Gasteiger partial charge in [-0.1, -0.05) is 0 Å². The van der Waals surface area contributed by atoms with Gasteiger partial charge in [-0.15, -0.1) is 0 Å². The standard InChI is InChI=1S/C22H27N3O6S/c1-4-30-17-6-8-18(9-7-17)32(28,29)25-14-12-24(13-15-25)21(26)20-11-10-19(16(3)23-20)22(27)31-5-2/h6-11H,4-5,12-15H2,1-3H3. The maximum Gasteiger partial charge on any atom is 0.339 e. The van der Waals surface area contributed by atoms with Crippen LogP contribution in [0.15, 0.2) is 41.3 Å². The molecule has 2 heterocycles. The summed E-state index contributed by atoms with van der Waals surface area (Å²) in [5.74, 6) is -0.176. The highest BCUT2D eigenvalue weighted by molar-refractivity contribution is 7.89. The summed E-state index contributed by atoms with van der Waals surface area (Å²) >= 11 is 0. The summed E-state index contributed by atoms with van der Waals surface area (Å²) in [6.07, 6.45) is 0. The normalized spacial score (nSPS) is 14.8. The second kappa shape index (κ2) is 10.1. The first-order valence-electron chi connectivity index (χ1n) is 10.4. The Kier molecular flexibility index (Phi) is 7.47. The molecular weight excluding hydrogens is 434 g/mol. The van der Waals surface area contributed by atoms with E-state index in [1.807, 2.05) is 6.92 Å². The molecule has 0 spiro atoms. The van der Waals surface area contributed by atoms with Crippen LogP contribution in [0.5, 0.6) is 5.75 Å². The van der Waals surface area contributed by atoms with E-state index in [4.69, 9.17) is 9.47 Å². The first-order valence-corrected chi connectivity index (χ1v) is 11.9. The summed E-state index contributed by atoms with van der Waals surface area (Å²) in [5, 5.41) is 0. The molecular formula is C22H27N3O6S. The zero-order chi connectivity index (χ0) is 23.3. The fourth-order valence-corrected chi connectivity index (χ4v) is 4.84. The third-order valence-corrected chi connectivity index (χ3v) is 7.01. The number of sulfonamides is 1. The van der Waals surface area contributed by atoms with Gasteiger partial charge in [0.15, 0.2) is 0 Å². The third-order valence-electron chi connectivity index (χ3n) is 5.10. The molecule has 1 aromatic heterocycles. The number of hydrogen-bond donors (Lipinski definition) is 0. The Bertz CT molecular complexity index is 1080. The topological polar surface area (TPSA) is 106 Å². The van der Waals surface area contributed by atoms with Gasteiger partial charge in [0.25, 0.3) is 5.91 Å². The largest absolute Gasteiger partial charge is 0.494 e. The molecule has 172 valence electrons. The highest BCUT2D eigenvalue weighted by Gasteiger charge is 2.31. The van der Waals surface area contributed by atoms with Crippen LogP contribution < -0.4 is 4.74 Å². The summed E-state index contributed by atoms with van der Waals surface area (Å²) in [7, 11) is -3.66. The van der Waals surface area contributed by atoms with Crippen LogP contribution in [-0.4, -0.2) is 73.9 Å². The third kappa shape index (κ3) is 5.08. The van der Waals surface area contributed by atoms with Gasteiger partial charge in [0, 0.05) is 26.2 Å². The first kappa shape index (κ1) is 23.7. The van der Waals surface area contributed by atoms with Gasteiger partial charge in [0.1, 0.15) is 11.4 Å². The van der Waals surface area contributed by atoms with Gasteiger partial charge in [0.05, 0.1) is 29.4 Å². The maximum absolute atomic E-state index is 12.9. The molecule has 3 rings (SSSR count). The summed E-state index contributed by atoms with van der Waals surface area (Å²) in [6, 6.07) is 9.32. The predicted octanol–water partition coefficient (Wildman–Crippen LogP) is 2.11. The van der Waals surface area contributed by atoms with Crippen LogP contribution in [0.2, 0.25) is 0 Å². The molecule has 1 fully saturated rings. The fraction of sp³-hybridized carbons (Fsp3) is 0.409. The van der Waals surface area contributed by atoms with Crippen LogP contribution in [0.1, 0.15) is 40.4 Å². The molecule has 1 aliphatic rings. The van der Waals surface area contributed by atoms with Crippen molar-refractivity contribution in [2.24, 2.45) is 0 Å². The van der Waals surface area contributed by atoms with Crippen molar-refractivity contribution < 1.29 is 27.5 Å². The lowest BCUT2D eigenvalue weighted by Gasteiger charge is -2.33. The minimum Gasteiger partial charge on any atom is -0.494 e. The van der Waals surface area contributed by atoms with Crippen molar-refractivity contribution in [2.45, 2.75) is 25.7 Å². The van der Waals surface area contributed by atoms with Crippen molar-refractivity contribution in [3.05, 3.63) is 53.3 Å². The molecule has 1 saturated heterocycles. The number of piperazine rings is 1. The van der Waals surface area contributed by atoms with E-state index in [9.17, 15) is 18.0 Å². The van der Waals surface area contributed by atoms with E-state index in [0.29, 0.717) is 23.6 Å². The van der Waals surface area contributed by atoms with E-state index >= 15 is 0 Å². The van der Waals surface area contributed by atoms with Crippen molar-refractivity contribution >= 4 is 21.9 Å². The summed E-state index contributed by atoms with van der Waals surface area (Å²) in [4.78, 5) is 30.8. The number of benzene rings is 1. The second-order valence-electron chi connectivity index (χ2n) is 7.15. The number of pyridine rings is 1. The first-order chi connectivity index (χ1) is 15.3. The van der Waals surface area contributed by atoms with Gasteiger partial charge in [-0.25, -0.2) is 18.2 Å². The average Bonchev–Trinajstić information content (AvgIpc) is 2.79. The number of esters is 1. The Balaban J connectivity index is 1.65. The maximum atomic E-state index is 12.9. The van der Waals surface area contributed by atoms with Gasteiger partial charge in [0.2, 0.25) is 10.0 Å². The Morgan fingerprint density at radius 2 is 1.62 bits per heavy atom. The SMILES string of the molecule is CCOC(=O)c1ccc(C(=O)N2CCN(S(=O)(=O)c3ccc(OCC)cc3)CC2)nc1C. The van der Waals surface area contributed by atoms with Crippen molar-refractivity contribution in [3.63, 3.8) is 0 Å². The van der Waals surface area contributed by atoms with Crippen LogP contribution in [0.3, 0.4) is 0 Å². The number of nitrogens with zero attached hydrogens (tertiary/aromatic N) is 3. The van der Waals surface area contributed by atoms with Gasteiger partial charge >= 0.3 is 5.97 Å². The molecule has 0 unspecified atom stereocenters. The predicted molar refractivity (Wildman–Crippen MR) is 117 cm³/mol. The van der Waals surface area contributed by atoms with E-state index in [1.54, 1.807) is 30.9 Å². The lowest BCUT2D eigenvalue weighted by Crippen LogP contribution is -2.50. The van der Waals surface area contributed by atoms with Gasteiger partial charge < -0.3 is 14.4 Å². The quantitative estimate of drug-likeness (QED) is 0.582. The molecule has 1 aliphatic heterocycles. The van der Waals surface area contributed by atoms with Gasteiger partial charge in [-0.3, -0.25) is 4.79 Å². The van der Waals surface area contributed by atoms with E-state index in [-0.39, 0.29) is 49.3 Å². The molecule has 0 radical (unpaired) electrons. The number of rotatable bonds is 7. The van der Waals surface area contributed by atoms with E-state index in [2.05, 4.69) is 4.98 Å². The van der Waals surface area contributed by atoms with Crippen LogP contribution >= 0.6 is 0 Å². The Labute approximate surface area is 188 Å². The van der Waals surface area contributed by atoms with E-state index in [1.165, 1.54) is 28.6 Å². The van der Waals surface area contributed by atoms with Crippen LogP contribution in [0.4, 0.5) is 0 Å². The number of hydrogen-bond acceptors (Lipinski definition) is 7. The van der Waals surface area contributed by atoms with Crippen molar-refractivity contribution in [1.29, 1.82) is 0 Å². The average molecular weight is 462 g/mol. The van der Waals surface area contributed by atoms with Crippen LogP contribution in [-0.2, 0) is 14.8 Å². The van der Waals surface area contributed by atoms with Crippen molar-refractivity contribution in [2.75, 3.05) is 39.4 Å². The minimum atomic E-state index is -3.66. The number of amides is 1. The molecule has 0 bridgehead atoms. The Morgan fingerprint density at radius 3 is 2.19 bits per heavy atom. The van der Waals surface area contributed by atoms with E-state index < -0.39 is 16.0 Å². The van der Waals surface area contributed by atoms with Crippen LogP contribution in [0, 0.1) is 6.92 Å². The molecule has 0 N–H and O–H groups in total. The molecule has 0 atom stereocenters. The summed E-state index contributed by atoms with van der Waals surface area (Å²) in [5.41, 5.74) is 0.930. The highest BCUT2D eigenvalue weighted by atomic mass is 32.2. The zero-order valence-corrected chi connectivity index (χ0v) is 19.2. The molecule has 2 aromatic rings. The van der Waals surface area contributed by atoms with Crippen molar-refractivity contribution in [3.8, 4) is 5.75 Å². The Hall–Kier alpha value is -2.98. The molecule has 10 heteroatoms. The molecule has 1 amide bonds. The summed E-state index contributed by atoms with van der Waals surface area (Å²) < 4.78 is 37.6. The second-order valence-corrected chi connectivity index (χ2v) is 9.09. The lowest BCUT2D eigenvalue weighted by molar-refractivity contribution is 0.0523. The minimum absolute atomic E-state index is 0.182. The molecule has 0 saturated carbocycles. The molecule has 1 aromatic carbocycles. The lowest BCUT2D eigenvalue weighted by atomic mass is 10.1. The zero-order valence-electron chi connectivity index (χ0n) is 18.4. The van der Waals surface area contributed by atoms with Crippen LogP contribution in [0.25, 0.3) is 0 Å². The van der Waals surface area contributed by atoms with Gasteiger partial charge in [-0.2, -0.15) is 4.31 Å². The Morgan fingerprint density at radius 1 is 0.969 bits per heavy atom. The van der Waals surface area contributed by atoms with Gasteiger partial charge in [-0.05, 0) is 57.2 Å².